The molecule has 0 aromatic carbocycles. The van der Waals surface area contributed by atoms with Crippen molar-refractivity contribution >= 4 is 5.97 Å². The van der Waals surface area contributed by atoms with E-state index in [1.165, 1.54) is 12.5 Å². The van der Waals surface area contributed by atoms with E-state index >= 15 is 0 Å². The van der Waals surface area contributed by atoms with Crippen LogP contribution in [0.4, 0.5) is 0 Å². The van der Waals surface area contributed by atoms with Gasteiger partial charge in [0.2, 0.25) is 0 Å². The molecule has 0 heterocycles. The van der Waals surface area contributed by atoms with Crippen LogP contribution in [0.1, 0.15) is 12.8 Å². The molecule has 2 bridgehead atoms. The number of carbonyl (C=O) groups is 1. The lowest BCUT2D eigenvalue weighted by Gasteiger charge is -2.12. The summed E-state index contributed by atoms with van der Waals surface area (Å²) in [7, 11) is 0. The minimum Gasteiger partial charge on any atom is -0.478 e. The molecular formula is C10H12O2. The summed E-state index contributed by atoms with van der Waals surface area (Å²) in [6.07, 6.45) is 9.98. The van der Waals surface area contributed by atoms with Gasteiger partial charge in [0.25, 0.3) is 0 Å². The minimum absolute atomic E-state index is 0.482. The van der Waals surface area contributed by atoms with Crippen molar-refractivity contribution in [1.29, 1.82) is 0 Å². The van der Waals surface area contributed by atoms with Gasteiger partial charge in [-0.15, -0.1) is 0 Å². The number of fused-ring (bicyclic) bond motifs is 2. The second kappa shape index (κ2) is 2.77. The highest BCUT2D eigenvalue weighted by Crippen LogP contribution is 2.43. The van der Waals surface area contributed by atoms with Gasteiger partial charge in [0.05, 0.1) is 0 Å². The Morgan fingerprint density at radius 3 is 2.75 bits per heavy atom. The third kappa shape index (κ3) is 1.29. The summed E-state index contributed by atoms with van der Waals surface area (Å²) in [5.41, 5.74) is 0. The summed E-state index contributed by atoms with van der Waals surface area (Å²) in [6, 6.07) is 0. The molecule has 0 spiro atoms. The van der Waals surface area contributed by atoms with E-state index in [2.05, 4.69) is 12.2 Å². The molecule has 1 N–H and O–H groups in total. The fraction of sp³-hybridized carbons (Fsp3) is 0.500. The molecule has 2 heteroatoms. The molecule has 2 aliphatic carbocycles. The first-order chi connectivity index (χ1) is 5.75. The van der Waals surface area contributed by atoms with Crippen molar-refractivity contribution in [2.75, 3.05) is 0 Å². The number of carboxylic acids is 1. The molecule has 3 atom stereocenters. The first-order valence-corrected chi connectivity index (χ1v) is 4.35. The molecule has 0 unspecified atom stereocenters. The van der Waals surface area contributed by atoms with Gasteiger partial charge >= 0.3 is 5.97 Å². The number of allylic oxidation sites excluding steroid dienone is 3. The van der Waals surface area contributed by atoms with Crippen LogP contribution in [0.15, 0.2) is 24.3 Å². The molecule has 1 fully saturated rings. The van der Waals surface area contributed by atoms with Crippen LogP contribution in [0, 0.1) is 17.8 Å². The molecule has 0 aliphatic heterocycles. The maximum atomic E-state index is 10.3. The Morgan fingerprint density at radius 2 is 2.25 bits per heavy atom. The molecule has 1 saturated carbocycles. The van der Waals surface area contributed by atoms with Gasteiger partial charge in [-0.05, 0) is 30.6 Å². The summed E-state index contributed by atoms with van der Waals surface area (Å²) in [5.74, 6) is 0.988. The molecule has 64 valence electrons. The highest BCUT2D eigenvalue weighted by Gasteiger charge is 2.33. The van der Waals surface area contributed by atoms with Crippen molar-refractivity contribution in [3.8, 4) is 0 Å². The van der Waals surface area contributed by atoms with E-state index < -0.39 is 5.97 Å². The van der Waals surface area contributed by atoms with E-state index in [0.717, 1.165) is 12.3 Å². The monoisotopic (exact) mass is 164 g/mol. The van der Waals surface area contributed by atoms with Gasteiger partial charge in [-0.1, -0.05) is 18.2 Å². The summed E-state index contributed by atoms with van der Waals surface area (Å²) in [5, 5.41) is 8.44. The summed E-state index contributed by atoms with van der Waals surface area (Å²) >= 11 is 0. The third-order valence-corrected chi connectivity index (χ3v) is 2.82. The number of hydrogen-bond acceptors (Lipinski definition) is 1. The number of hydrogen-bond donors (Lipinski definition) is 1. The largest absolute Gasteiger partial charge is 0.478 e. The first kappa shape index (κ1) is 7.59. The van der Waals surface area contributed by atoms with Gasteiger partial charge in [-0.25, -0.2) is 4.79 Å². The van der Waals surface area contributed by atoms with E-state index in [9.17, 15) is 4.79 Å². The molecule has 0 amide bonds. The predicted octanol–water partition coefficient (Wildman–Crippen LogP) is 1.84. The van der Waals surface area contributed by atoms with Crippen molar-refractivity contribution < 1.29 is 9.90 Å². The Hall–Kier alpha value is -1.05. The Kier molecular flexibility index (Phi) is 1.75. The molecule has 12 heavy (non-hydrogen) atoms. The lowest BCUT2D eigenvalue weighted by atomic mass is 9.93. The fourth-order valence-electron chi connectivity index (χ4n) is 2.25. The highest BCUT2D eigenvalue weighted by atomic mass is 16.4. The second-order valence-corrected chi connectivity index (χ2v) is 3.64. The van der Waals surface area contributed by atoms with Crippen LogP contribution < -0.4 is 0 Å². The number of carboxylic acid groups (broad SMARTS) is 1. The second-order valence-electron chi connectivity index (χ2n) is 3.64. The smallest absolute Gasteiger partial charge is 0.327 e. The van der Waals surface area contributed by atoms with Crippen LogP contribution in [0.2, 0.25) is 0 Å². The van der Waals surface area contributed by atoms with Gasteiger partial charge in [0, 0.05) is 6.08 Å². The standard InChI is InChI=1S/C10H12O2/c11-10(12)4-3-9-6-7-1-2-8(9)5-7/h1-4,7-9H,5-6H2,(H,11,12)/t7-,8+,9-/m0/s1. The van der Waals surface area contributed by atoms with Gasteiger partial charge in [0.1, 0.15) is 0 Å². The van der Waals surface area contributed by atoms with E-state index in [0.29, 0.717) is 11.8 Å². The maximum Gasteiger partial charge on any atom is 0.327 e. The van der Waals surface area contributed by atoms with Crippen molar-refractivity contribution in [1.82, 2.24) is 0 Å². The Morgan fingerprint density at radius 1 is 1.42 bits per heavy atom. The van der Waals surface area contributed by atoms with E-state index in [1.54, 1.807) is 0 Å². The fourth-order valence-corrected chi connectivity index (χ4v) is 2.25. The van der Waals surface area contributed by atoms with Gasteiger partial charge in [-0.3, -0.25) is 0 Å². The van der Waals surface area contributed by atoms with Crippen LogP contribution in [0.5, 0.6) is 0 Å². The van der Waals surface area contributed by atoms with E-state index in [4.69, 9.17) is 5.11 Å². The van der Waals surface area contributed by atoms with Crippen molar-refractivity contribution in [3.05, 3.63) is 24.3 Å². The van der Waals surface area contributed by atoms with Crippen LogP contribution in [0.25, 0.3) is 0 Å². The topological polar surface area (TPSA) is 37.3 Å². The Labute approximate surface area is 71.6 Å². The van der Waals surface area contributed by atoms with Crippen LogP contribution in [-0.2, 0) is 4.79 Å². The average molecular weight is 164 g/mol. The third-order valence-electron chi connectivity index (χ3n) is 2.82. The average Bonchev–Trinajstić information content (AvgIpc) is 2.60. The van der Waals surface area contributed by atoms with Gasteiger partial charge in [0.15, 0.2) is 0 Å². The summed E-state index contributed by atoms with van der Waals surface area (Å²) < 4.78 is 0. The molecule has 2 aliphatic rings. The normalized spacial score (nSPS) is 38.2. The zero-order valence-corrected chi connectivity index (χ0v) is 6.81. The zero-order chi connectivity index (χ0) is 8.55. The molecule has 2 nitrogen and oxygen atoms in total. The summed E-state index contributed by atoms with van der Waals surface area (Å²) in [4.78, 5) is 10.3. The molecular weight excluding hydrogens is 152 g/mol. The maximum absolute atomic E-state index is 10.3. The molecule has 2 rings (SSSR count). The van der Waals surface area contributed by atoms with Crippen molar-refractivity contribution in [2.45, 2.75) is 12.8 Å². The molecule has 0 aromatic heterocycles. The number of aliphatic carboxylic acids is 1. The highest BCUT2D eigenvalue weighted by molar-refractivity contribution is 5.79. The van der Waals surface area contributed by atoms with Crippen molar-refractivity contribution in [3.63, 3.8) is 0 Å². The van der Waals surface area contributed by atoms with Crippen LogP contribution in [-0.4, -0.2) is 11.1 Å². The Bertz CT molecular complexity index is 253. The molecule has 0 aromatic rings. The Balaban J connectivity index is 1.99. The zero-order valence-electron chi connectivity index (χ0n) is 6.81. The van der Waals surface area contributed by atoms with Crippen LogP contribution >= 0.6 is 0 Å². The van der Waals surface area contributed by atoms with Gasteiger partial charge < -0.3 is 5.11 Å². The SMILES string of the molecule is O=C(O)C=C[C@H]1C[C@H]2C=C[C@@H]1C2. The first-order valence-electron chi connectivity index (χ1n) is 4.35. The predicted molar refractivity (Wildman–Crippen MR) is 45.6 cm³/mol. The minimum atomic E-state index is -0.832. The number of rotatable bonds is 2. The van der Waals surface area contributed by atoms with E-state index in [1.807, 2.05) is 6.08 Å². The van der Waals surface area contributed by atoms with Crippen molar-refractivity contribution in [2.24, 2.45) is 17.8 Å². The lowest BCUT2D eigenvalue weighted by molar-refractivity contribution is -0.131. The van der Waals surface area contributed by atoms with Gasteiger partial charge in [-0.2, -0.15) is 0 Å². The molecule has 0 saturated heterocycles. The quantitative estimate of drug-likeness (QED) is 0.499. The molecule has 0 radical (unpaired) electrons. The van der Waals surface area contributed by atoms with E-state index in [-0.39, 0.29) is 0 Å². The summed E-state index contributed by atoms with van der Waals surface area (Å²) in [6.45, 7) is 0. The lowest BCUT2D eigenvalue weighted by Crippen LogP contribution is -2.03. The van der Waals surface area contributed by atoms with Crippen LogP contribution in [0.3, 0.4) is 0 Å².